The van der Waals surface area contributed by atoms with E-state index in [1.807, 2.05) is 0 Å². The third kappa shape index (κ3) is 2.76. The van der Waals surface area contributed by atoms with E-state index < -0.39 is 0 Å². The van der Waals surface area contributed by atoms with Gasteiger partial charge < -0.3 is 10.1 Å². The average molecular weight is 247 g/mol. The van der Waals surface area contributed by atoms with Gasteiger partial charge in [-0.3, -0.25) is 0 Å². The Morgan fingerprint density at radius 1 is 1.33 bits per heavy atom. The summed E-state index contributed by atoms with van der Waals surface area (Å²) in [7, 11) is 1.76. The molecule has 1 aliphatic rings. The predicted octanol–water partition coefficient (Wildman–Crippen LogP) is 2.91. The summed E-state index contributed by atoms with van der Waals surface area (Å²) in [6.07, 6.45) is 5.08. The number of rotatable bonds is 6. The fraction of sp³-hybridized carbons (Fsp3) is 0.625. The summed E-state index contributed by atoms with van der Waals surface area (Å²) in [5.41, 5.74) is 3.46. The zero-order valence-corrected chi connectivity index (χ0v) is 11.7. The molecule has 1 atom stereocenters. The molecule has 1 unspecified atom stereocenters. The zero-order valence-electron chi connectivity index (χ0n) is 11.7. The van der Waals surface area contributed by atoms with Gasteiger partial charge in [-0.05, 0) is 36.8 Å². The summed E-state index contributed by atoms with van der Waals surface area (Å²) in [5, 5.41) is 3.56. The summed E-state index contributed by atoms with van der Waals surface area (Å²) in [4.78, 5) is 0. The minimum atomic E-state index is 0.336. The molecule has 1 aromatic rings. The lowest BCUT2D eigenvalue weighted by Gasteiger charge is -2.39. The van der Waals surface area contributed by atoms with E-state index in [-0.39, 0.29) is 0 Å². The first-order chi connectivity index (χ1) is 8.82. The monoisotopic (exact) mass is 247 g/mol. The number of hydrogen-bond donors (Lipinski definition) is 1. The standard InChI is InChI=1S/C16H25NO/c1-3-16(13-17-11-12-18-2)10-6-8-14-7-4-5-9-15(14)16/h4-5,7,9,17H,3,6,8,10-13H2,1-2H3. The Morgan fingerprint density at radius 2 is 2.17 bits per heavy atom. The van der Waals surface area contributed by atoms with Crippen molar-refractivity contribution in [3.05, 3.63) is 35.4 Å². The molecule has 0 saturated carbocycles. The Hall–Kier alpha value is -0.860. The molecule has 2 heteroatoms. The lowest BCUT2D eigenvalue weighted by Crippen LogP contribution is -2.41. The lowest BCUT2D eigenvalue weighted by atomic mass is 9.68. The fourth-order valence-corrected chi connectivity index (χ4v) is 3.19. The summed E-state index contributed by atoms with van der Waals surface area (Å²) < 4.78 is 5.10. The van der Waals surface area contributed by atoms with Crippen LogP contribution in [0.1, 0.15) is 37.3 Å². The molecule has 1 N–H and O–H groups in total. The van der Waals surface area contributed by atoms with E-state index in [4.69, 9.17) is 4.74 Å². The molecule has 0 aromatic heterocycles. The first-order valence-electron chi connectivity index (χ1n) is 7.10. The topological polar surface area (TPSA) is 21.3 Å². The third-order valence-electron chi connectivity index (χ3n) is 4.31. The largest absolute Gasteiger partial charge is 0.383 e. The van der Waals surface area contributed by atoms with E-state index in [9.17, 15) is 0 Å². The van der Waals surface area contributed by atoms with Gasteiger partial charge in [0.05, 0.1) is 6.61 Å². The van der Waals surface area contributed by atoms with Crippen LogP contribution in [0.15, 0.2) is 24.3 Å². The Kier molecular flexibility index (Phi) is 4.79. The molecule has 2 nitrogen and oxygen atoms in total. The number of methoxy groups -OCH3 is 1. The van der Waals surface area contributed by atoms with Crippen LogP contribution in [0.4, 0.5) is 0 Å². The molecule has 0 bridgehead atoms. The van der Waals surface area contributed by atoms with Crippen LogP contribution in [0.3, 0.4) is 0 Å². The molecule has 0 amide bonds. The molecule has 1 aliphatic carbocycles. The van der Waals surface area contributed by atoms with Crippen molar-refractivity contribution < 1.29 is 4.74 Å². The van der Waals surface area contributed by atoms with Gasteiger partial charge in [0.25, 0.3) is 0 Å². The van der Waals surface area contributed by atoms with Gasteiger partial charge in [0.2, 0.25) is 0 Å². The SMILES string of the molecule is CCC1(CNCCOC)CCCc2ccccc21. The van der Waals surface area contributed by atoms with Crippen molar-refractivity contribution >= 4 is 0 Å². The molecule has 0 spiro atoms. The van der Waals surface area contributed by atoms with Gasteiger partial charge in [-0.25, -0.2) is 0 Å². The van der Waals surface area contributed by atoms with Crippen LogP contribution in [-0.4, -0.2) is 26.8 Å². The van der Waals surface area contributed by atoms with Crippen LogP contribution in [0.5, 0.6) is 0 Å². The van der Waals surface area contributed by atoms with Gasteiger partial charge in [-0.2, -0.15) is 0 Å². The second-order valence-electron chi connectivity index (χ2n) is 5.31. The van der Waals surface area contributed by atoms with Crippen LogP contribution in [0.2, 0.25) is 0 Å². The predicted molar refractivity (Wildman–Crippen MR) is 76.1 cm³/mol. The summed E-state index contributed by atoms with van der Waals surface area (Å²) in [6, 6.07) is 8.98. The molecule has 0 heterocycles. The number of ether oxygens (including phenoxy) is 1. The van der Waals surface area contributed by atoms with Gasteiger partial charge in [0.15, 0.2) is 0 Å². The van der Waals surface area contributed by atoms with Crippen molar-refractivity contribution in [3.8, 4) is 0 Å². The van der Waals surface area contributed by atoms with Gasteiger partial charge in [-0.1, -0.05) is 31.2 Å². The van der Waals surface area contributed by atoms with E-state index in [0.717, 1.165) is 19.7 Å². The smallest absolute Gasteiger partial charge is 0.0587 e. The van der Waals surface area contributed by atoms with Crippen molar-refractivity contribution in [2.24, 2.45) is 0 Å². The van der Waals surface area contributed by atoms with Crippen molar-refractivity contribution in [2.75, 3.05) is 26.8 Å². The molecule has 100 valence electrons. The van der Waals surface area contributed by atoms with E-state index in [0.29, 0.717) is 5.41 Å². The van der Waals surface area contributed by atoms with Crippen LogP contribution in [-0.2, 0) is 16.6 Å². The zero-order chi connectivity index (χ0) is 12.8. The van der Waals surface area contributed by atoms with Crippen molar-refractivity contribution in [1.29, 1.82) is 0 Å². The Balaban J connectivity index is 2.12. The highest BCUT2D eigenvalue weighted by molar-refractivity contribution is 5.37. The quantitative estimate of drug-likeness (QED) is 0.780. The average Bonchev–Trinajstić information content (AvgIpc) is 2.44. The maximum absolute atomic E-state index is 5.10. The van der Waals surface area contributed by atoms with Crippen molar-refractivity contribution in [3.63, 3.8) is 0 Å². The molecule has 1 aromatic carbocycles. The van der Waals surface area contributed by atoms with Crippen molar-refractivity contribution in [1.82, 2.24) is 5.32 Å². The van der Waals surface area contributed by atoms with Crippen LogP contribution < -0.4 is 5.32 Å². The lowest BCUT2D eigenvalue weighted by molar-refractivity contribution is 0.194. The Bertz CT molecular complexity index is 377. The Labute approximate surface area is 111 Å². The molecule has 0 fully saturated rings. The fourth-order valence-electron chi connectivity index (χ4n) is 3.19. The van der Waals surface area contributed by atoms with Gasteiger partial charge in [-0.15, -0.1) is 0 Å². The highest BCUT2D eigenvalue weighted by atomic mass is 16.5. The second kappa shape index (κ2) is 6.35. The number of nitrogens with one attached hydrogen (secondary N) is 1. The molecule has 0 radical (unpaired) electrons. The van der Waals surface area contributed by atoms with E-state index in [1.165, 1.54) is 25.7 Å². The highest BCUT2D eigenvalue weighted by Gasteiger charge is 2.34. The number of benzene rings is 1. The molecular weight excluding hydrogens is 222 g/mol. The van der Waals surface area contributed by atoms with E-state index in [2.05, 4.69) is 36.5 Å². The molecule has 2 rings (SSSR count). The van der Waals surface area contributed by atoms with Crippen LogP contribution in [0.25, 0.3) is 0 Å². The number of fused-ring (bicyclic) bond motifs is 1. The maximum Gasteiger partial charge on any atom is 0.0587 e. The minimum Gasteiger partial charge on any atom is -0.383 e. The molecule has 18 heavy (non-hydrogen) atoms. The summed E-state index contributed by atoms with van der Waals surface area (Å²) in [6.45, 7) is 5.13. The first kappa shape index (κ1) is 13.6. The number of aryl methyl sites for hydroxylation is 1. The first-order valence-corrected chi connectivity index (χ1v) is 7.10. The number of hydrogen-bond acceptors (Lipinski definition) is 2. The van der Waals surface area contributed by atoms with Crippen molar-refractivity contribution in [2.45, 2.75) is 38.0 Å². The molecule has 0 aliphatic heterocycles. The summed E-state index contributed by atoms with van der Waals surface area (Å²) >= 11 is 0. The maximum atomic E-state index is 5.10. The van der Waals surface area contributed by atoms with Crippen LogP contribution >= 0.6 is 0 Å². The molecular formula is C16H25NO. The normalized spacial score (nSPS) is 22.8. The second-order valence-corrected chi connectivity index (χ2v) is 5.31. The van der Waals surface area contributed by atoms with Gasteiger partial charge in [0.1, 0.15) is 0 Å². The highest BCUT2D eigenvalue weighted by Crippen LogP contribution is 2.39. The van der Waals surface area contributed by atoms with Crippen LogP contribution in [0, 0.1) is 0 Å². The summed E-state index contributed by atoms with van der Waals surface area (Å²) in [5.74, 6) is 0. The van der Waals surface area contributed by atoms with E-state index >= 15 is 0 Å². The van der Waals surface area contributed by atoms with E-state index in [1.54, 1.807) is 18.2 Å². The van der Waals surface area contributed by atoms with Gasteiger partial charge >= 0.3 is 0 Å². The minimum absolute atomic E-state index is 0.336. The van der Waals surface area contributed by atoms with Gasteiger partial charge in [0, 0.05) is 25.6 Å². The third-order valence-corrected chi connectivity index (χ3v) is 4.31. The molecule has 0 saturated heterocycles. The Morgan fingerprint density at radius 3 is 2.94 bits per heavy atom.